The topological polar surface area (TPSA) is 71.4 Å². The molecule has 3 aromatic rings. The number of halogens is 5. The Morgan fingerprint density at radius 2 is 1.60 bits per heavy atom. The van der Waals surface area contributed by atoms with E-state index in [1.165, 1.54) is 23.0 Å². The molecule has 3 unspecified atom stereocenters. The van der Waals surface area contributed by atoms with Crippen molar-refractivity contribution >= 4 is 41.0 Å². The number of ether oxygens (including phenoxy) is 2. The average Bonchev–Trinajstić information content (AvgIpc) is 3.63. The first-order valence-electron chi connectivity index (χ1n) is 13.6. The molecule has 1 saturated heterocycles. The van der Waals surface area contributed by atoms with Crippen LogP contribution in [0.2, 0.25) is 10.0 Å². The van der Waals surface area contributed by atoms with Crippen molar-refractivity contribution in [2.45, 2.75) is 44.1 Å². The first-order chi connectivity index (χ1) is 20.5. The smallest absolute Gasteiger partial charge is 0.416 e. The Morgan fingerprint density at radius 1 is 0.977 bits per heavy atom. The number of alkyl halides is 3. The van der Waals surface area contributed by atoms with Crippen molar-refractivity contribution in [2.75, 3.05) is 20.3 Å². The van der Waals surface area contributed by atoms with E-state index < -0.39 is 41.9 Å². The molecule has 2 amide bonds. The molecule has 2 aliphatic heterocycles. The number of hydrogen-bond acceptors (Lipinski definition) is 5. The van der Waals surface area contributed by atoms with Crippen LogP contribution in [0.3, 0.4) is 0 Å². The molecule has 0 radical (unpaired) electrons. The van der Waals surface area contributed by atoms with Gasteiger partial charge in [-0.25, -0.2) is 9.59 Å². The van der Waals surface area contributed by atoms with E-state index in [9.17, 15) is 22.8 Å². The number of rotatable bonds is 6. The maximum atomic E-state index is 14.5. The van der Waals surface area contributed by atoms with Gasteiger partial charge in [0, 0.05) is 16.6 Å². The summed E-state index contributed by atoms with van der Waals surface area (Å²) >= 11 is 12.4. The van der Waals surface area contributed by atoms with Gasteiger partial charge in [0.1, 0.15) is 23.7 Å². The van der Waals surface area contributed by atoms with Crippen molar-refractivity contribution in [1.29, 1.82) is 0 Å². The zero-order chi connectivity index (χ0) is 30.9. The predicted octanol–water partition coefficient (Wildman–Crippen LogP) is 7.71. The fourth-order valence-corrected chi connectivity index (χ4v) is 5.78. The second-order valence-corrected chi connectivity index (χ2v) is 11.0. The lowest BCUT2D eigenvalue weighted by Crippen LogP contribution is -2.50. The molecule has 1 fully saturated rings. The number of amidine groups is 1. The number of esters is 1. The van der Waals surface area contributed by atoms with Crippen LogP contribution >= 0.6 is 23.2 Å². The number of urea groups is 1. The molecule has 0 aliphatic carbocycles. The largest absolute Gasteiger partial charge is 0.493 e. The molecule has 5 rings (SSSR count). The first-order valence-corrected chi connectivity index (χ1v) is 14.4. The molecule has 0 saturated carbocycles. The summed E-state index contributed by atoms with van der Waals surface area (Å²) in [6.45, 7) is 2.02. The number of hydrogen-bond donors (Lipinski definition) is 0. The number of methoxy groups -OCH3 is 1. The van der Waals surface area contributed by atoms with Gasteiger partial charge in [0.15, 0.2) is 0 Å². The molecule has 2 aliphatic rings. The first kappa shape index (κ1) is 30.7. The molecule has 7 nitrogen and oxygen atoms in total. The number of aliphatic imine (C=N–C) groups is 1. The number of carbonyl (C=O) groups is 2. The van der Waals surface area contributed by atoms with Crippen LogP contribution in [-0.2, 0) is 15.7 Å². The summed E-state index contributed by atoms with van der Waals surface area (Å²) in [7, 11) is 1.26. The lowest BCUT2D eigenvalue weighted by molar-refractivity contribution is -0.145. The van der Waals surface area contributed by atoms with Gasteiger partial charge < -0.3 is 14.4 Å². The molecule has 2 heterocycles. The zero-order valence-corrected chi connectivity index (χ0v) is 24.8. The van der Waals surface area contributed by atoms with Gasteiger partial charge in [-0.05, 0) is 73.4 Å². The molecule has 0 bridgehead atoms. The van der Waals surface area contributed by atoms with Crippen LogP contribution in [0, 0.1) is 0 Å². The number of benzene rings is 3. The van der Waals surface area contributed by atoms with Crippen molar-refractivity contribution in [1.82, 2.24) is 9.80 Å². The van der Waals surface area contributed by atoms with Crippen LogP contribution in [-0.4, -0.2) is 53.9 Å². The molecule has 0 aromatic heterocycles. The van der Waals surface area contributed by atoms with E-state index in [4.69, 9.17) is 37.7 Å². The summed E-state index contributed by atoms with van der Waals surface area (Å²) in [4.78, 5) is 35.0. The van der Waals surface area contributed by atoms with E-state index in [0.29, 0.717) is 34.0 Å². The Morgan fingerprint density at radius 3 is 2.19 bits per heavy atom. The average molecular weight is 634 g/mol. The van der Waals surface area contributed by atoms with Gasteiger partial charge in [0.25, 0.3) is 0 Å². The van der Waals surface area contributed by atoms with Crippen molar-refractivity contribution in [3.05, 3.63) is 99.0 Å². The summed E-state index contributed by atoms with van der Waals surface area (Å²) in [5.74, 6) is -0.519. The van der Waals surface area contributed by atoms with Crippen LogP contribution in [0.25, 0.3) is 0 Å². The second-order valence-electron chi connectivity index (χ2n) is 10.1. The SMILES string of the molecule is CCOc1cc(C(F)(F)F)ccc1C1=NC(c2ccc(Cl)cc2)C(c2ccc(Cl)cc2)N1C(=O)N1CCCC1C(=O)OC. The summed E-state index contributed by atoms with van der Waals surface area (Å²) < 4.78 is 51.7. The Hall–Kier alpha value is -3.76. The van der Waals surface area contributed by atoms with Gasteiger partial charge in [-0.3, -0.25) is 9.89 Å². The molecule has 43 heavy (non-hydrogen) atoms. The Bertz CT molecular complexity index is 1530. The number of carbonyl (C=O) groups excluding carboxylic acids is 2. The van der Waals surface area contributed by atoms with Crippen molar-refractivity contribution in [3.63, 3.8) is 0 Å². The van der Waals surface area contributed by atoms with E-state index in [2.05, 4.69) is 0 Å². The monoisotopic (exact) mass is 633 g/mol. The molecular weight excluding hydrogens is 606 g/mol. The lowest BCUT2D eigenvalue weighted by atomic mass is 9.93. The van der Waals surface area contributed by atoms with E-state index in [1.54, 1.807) is 55.5 Å². The minimum atomic E-state index is -4.61. The molecule has 0 N–H and O–H groups in total. The fraction of sp³-hybridized carbons (Fsp3) is 0.323. The van der Waals surface area contributed by atoms with Gasteiger partial charge in [0.05, 0.1) is 30.9 Å². The lowest BCUT2D eigenvalue weighted by Gasteiger charge is -2.34. The normalized spacial score (nSPS) is 20.3. The summed E-state index contributed by atoms with van der Waals surface area (Å²) in [6, 6.07) is 14.2. The summed E-state index contributed by atoms with van der Waals surface area (Å²) in [5.41, 5.74) is 0.695. The number of nitrogens with zero attached hydrogens (tertiary/aromatic N) is 3. The third-order valence-electron chi connectivity index (χ3n) is 7.52. The summed E-state index contributed by atoms with van der Waals surface area (Å²) in [6.07, 6.45) is -3.63. The highest BCUT2D eigenvalue weighted by atomic mass is 35.5. The van der Waals surface area contributed by atoms with Crippen LogP contribution in [0.5, 0.6) is 5.75 Å². The molecule has 3 atom stereocenters. The van der Waals surface area contributed by atoms with Gasteiger partial charge in [-0.1, -0.05) is 47.5 Å². The maximum absolute atomic E-state index is 14.5. The molecule has 0 spiro atoms. The highest BCUT2D eigenvalue weighted by Gasteiger charge is 2.47. The molecule has 12 heteroatoms. The van der Waals surface area contributed by atoms with Crippen LogP contribution in [0.1, 0.15) is 54.1 Å². The van der Waals surface area contributed by atoms with E-state index in [-0.39, 0.29) is 30.3 Å². The number of likely N-dealkylation sites (tertiary alicyclic amines) is 1. The Balaban J connectivity index is 1.72. The Kier molecular flexibility index (Phi) is 8.89. The third kappa shape index (κ3) is 6.17. The van der Waals surface area contributed by atoms with Crippen molar-refractivity contribution < 1.29 is 32.2 Å². The highest BCUT2D eigenvalue weighted by Crippen LogP contribution is 2.46. The highest BCUT2D eigenvalue weighted by molar-refractivity contribution is 6.30. The van der Waals surface area contributed by atoms with Crippen LogP contribution in [0.15, 0.2) is 71.7 Å². The van der Waals surface area contributed by atoms with Gasteiger partial charge in [-0.2, -0.15) is 13.2 Å². The van der Waals surface area contributed by atoms with E-state index >= 15 is 0 Å². The summed E-state index contributed by atoms with van der Waals surface area (Å²) in [5, 5.41) is 0.983. The standard InChI is InChI=1S/C31H28Cl2F3N3O4/c1-3-43-25-17-20(31(34,35)36)10-15-23(25)28-37-26(18-6-11-21(32)12-7-18)27(19-8-13-22(33)14-9-19)39(28)30(41)38-16-4-5-24(38)29(40)42-2/h6-15,17,24,26-27H,3-5,16H2,1-2H3. The molecule has 226 valence electrons. The maximum Gasteiger partial charge on any atom is 0.416 e. The van der Waals surface area contributed by atoms with Gasteiger partial charge >= 0.3 is 18.2 Å². The van der Waals surface area contributed by atoms with Gasteiger partial charge in [0.2, 0.25) is 0 Å². The second kappa shape index (κ2) is 12.5. The van der Waals surface area contributed by atoms with E-state index in [1.807, 2.05) is 0 Å². The van der Waals surface area contributed by atoms with E-state index in [0.717, 1.165) is 12.1 Å². The third-order valence-corrected chi connectivity index (χ3v) is 8.02. The van der Waals surface area contributed by atoms with Gasteiger partial charge in [-0.15, -0.1) is 0 Å². The predicted molar refractivity (Wildman–Crippen MR) is 157 cm³/mol. The minimum Gasteiger partial charge on any atom is -0.493 e. The molecular formula is C31H28Cl2F3N3O4. The quantitative estimate of drug-likeness (QED) is 0.261. The number of amides is 2. The van der Waals surface area contributed by atoms with Crippen LogP contribution in [0.4, 0.5) is 18.0 Å². The zero-order valence-electron chi connectivity index (χ0n) is 23.3. The fourth-order valence-electron chi connectivity index (χ4n) is 5.53. The minimum absolute atomic E-state index is 0.0767. The Labute approximate surface area is 256 Å². The van der Waals surface area contributed by atoms with Crippen molar-refractivity contribution in [3.8, 4) is 5.75 Å². The molecule has 3 aromatic carbocycles. The van der Waals surface area contributed by atoms with Crippen LogP contribution < -0.4 is 4.74 Å². The van der Waals surface area contributed by atoms with Crippen molar-refractivity contribution in [2.24, 2.45) is 4.99 Å².